The van der Waals surface area contributed by atoms with E-state index in [0.717, 1.165) is 19.0 Å². The Morgan fingerprint density at radius 2 is 2.29 bits per heavy atom. The van der Waals surface area contributed by atoms with Crippen molar-refractivity contribution in [2.75, 3.05) is 25.0 Å². The summed E-state index contributed by atoms with van der Waals surface area (Å²) < 4.78 is 4.96. The lowest BCUT2D eigenvalue weighted by atomic mass is 9.97. The maximum absolute atomic E-state index is 12.1. The topological polar surface area (TPSA) is 70.4 Å². The summed E-state index contributed by atoms with van der Waals surface area (Å²) in [4.78, 5) is 15.9. The van der Waals surface area contributed by atoms with Gasteiger partial charge in [-0.3, -0.25) is 10.2 Å². The first kappa shape index (κ1) is 17.0. The lowest BCUT2D eigenvalue weighted by Crippen LogP contribution is -2.42. The van der Waals surface area contributed by atoms with E-state index in [1.807, 2.05) is 0 Å². The van der Waals surface area contributed by atoms with Gasteiger partial charge in [-0.15, -0.1) is 11.3 Å². The van der Waals surface area contributed by atoms with Crippen LogP contribution in [0.5, 0.6) is 0 Å². The van der Waals surface area contributed by atoms with Gasteiger partial charge in [-0.05, 0) is 50.2 Å². The molecule has 0 radical (unpaired) electrons. The second kappa shape index (κ2) is 7.81. The molecule has 2 aromatic rings. The summed E-state index contributed by atoms with van der Waals surface area (Å²) in [5.41, 5.74) is 0. The van der Waals surface area contributed by atoms with Crippen molar-refractivity contribution in [2.24, 2.45) is 5.92 Å². The molecule has 1 aliphatic heterocycles. The zero-order chi connectivity index (χ0) is 16.9. The number of thiophene rings is 1. The molecule has 0 spiro atoms. The minimum absolute atomic E-state index is 0.224. The van der Waals surface area contributed by atoms with Gasteiger partial charge in [-0.25, -0.2) is 4.79 Å². The van der Waals surface area contributed by atoms with E-state index in [9.17, 15) is 4.79 Å². The van der Waals surface area contributed by atoms with E-state index in [1.54, 1.807) is 24.3 Å². The lowest BCUT2D eigenvalue weighted by molar-refractivity contribution is 0.138. The summed E-state index contributed by atoms with van der Waals surface area (Å²) >= 11 is 1.74. The lowest BCUT2D eigenvalue weighted by Gasteiger charge is -2.36. The summed E-state index contributed by atoms with van der Waals surface area (Å²) in [6.07, 6.45) is 2.43. The molecule has 3 rings (SSSR count). The van der Waals surface area contributed by atoms with Crippen molar-refractivity contribution in [1.82, 2.24) is 15.4 Å². The Labute approximate surface area is 146 Å². The van der Waals surface area contributed by atoms with Gasteiger partial charge in [0.2, 0.25) is 0 Å². The molecule has 7 heteroatoms. The standard InChI is InChI=1S/C17H24N4O2S/c1-12-5-7-21(8-6-12)14(15-4-3-9-24-15)11-18-17(22)19-16-10-13(2)23-20-16/h3-4,9-10,12,14H,5-8,11H2,1-2H3,(H2,18,19,20,22). The van der Waals surface area contributed by atoms with Crippen molar-refractivity contribution < 1.29 is 9.32 Å². The second-order valence-corrected chi connectivity index (χ2v) is 7.39. The number of hydrogen-bond donors (Lipinski definition) is 2. The molecule has 130 valence electrons. The molecule has 0 aliphatic carbocycles. The second-order valence-electron chi connectivity index (χ2n) is 6.41. The minimum atomic E-state index is -0.254. The molecule has 2 N–H and O–H groups in total. The van der Waals surface area contributed by atoms with Gasteiger partial charge in [0, 0.05) is 17.5 Å². The molecule has 1 aliphatic rings. The van der Waals surface area contributed by atoms with Gasteiger partial charge in [0.05, 0.1) is 6.04 Å². The maximum Gasteiger partial charge on any atom is 0.320 e. The highest BCUT2D eigenvalue weighted by Gasteiger charge is 2.25. The number of urea groups is 1. The van der Waals surface area contributed by atoms with Crippen LogP contribution < -0.4 is 10.6 Å². The fraction of sp³-hybridized carbons (Fsp3) is 0.529. The number of hydrogen-bond acceptors (Lipinski definition) is 5. The molecule has 1 unspecified atom stereocenters. The number of anilines is 1. The Bertz CT molecular complexity index is 647. The fourth-order valence-electron chi connectivity index (χ4n) is 3.01. The van der Waals surface area contributed by atoms with E-state index < -0.39 is 0 Å². The molecule has 0 bridgehead atoms. The van der Waals surface area contributed by atoms with Crippen LogP contribution in [-0.4, -0.2) is 35.7 Å². The summed E-state index contributed by atoms with van der Waals surface area (Å²) in [6.45, 7) is 6.84. The van der Waals surface area contributed by atoms with Gasteiger partial charge in [-0.2, -0.15) is 0 Å². The smallest absolute Gasteiger partial charge is 0.320 e. The molecule has 1 atom stereocenters. The number of aryl methyl sites for hydroxylation is 1. The van der Waals surface area contributed by atoms with Crippen LogP contribution in [0.4, 0.5) is 10.6 Å². The van der Waals surface area contributed by atoms with Crippen molar-refractivity contribution in [2.45, 2.75) is 32.7 Å². The van der Waals surface area contributed by atoms with Gasteiger partial charge in [0.1, 0.15) is 5.76 Å². The normalized spacial score (nSPS) is 17.6. The molecule has 24 heavy (non-hydrogen) atoms. The van der Waals surface area contributed by atoms with Crippen LogP contribution in [0.2, 0.25) is 0 Å². The molecular weight excluding hydrogens is 324 g/mol. The number of nitrogens with zero attached hydrogens (tertiary/aromatic N) is 2. The first-order chi connectivity index (χ1) is 11.6. The average Bonchev–Trinajstić information content (AvgIpc) is 3.21. The number of aromatic nitrogens is 1. The Balaban J connectivity index is 1.58. The Morgan fingerprint density at radius 3 is 2.92 bits per heavy atom. The van der Waals surface area contributed by atoms with Crippen LogP contribution in [0.15, 0.2) is 28.1 Å². The Kier molecular flexibility index (Phi) is 5.52. The van der Waals surface area contributed by atoms with Gasteiger partial charge in [0.25, 0.3) is 0 Å². The van der Waals surface area contributed by atoms with Crippen LogP contribution >= 0.6 is 11.3 Å². The molecule has 2 amide bonds. The Morgan fingerprint density at radius 1 is 1.50 bits per heavy atom. The predicted octanol–water partition coefficient (Wildman–Crippen LogP) is 3.64. The van der Waals surface area contributed by atoms with E-state index in [0.29, 0.717) is 18.1 Å². The van der Waals surface area contributed by atoms with Crippen LogP contribution in [0.3, 0.4) is 0 Å². The number of carbonyl (C=O) groups excluding carboxylic acids is 1. The highest BCUT2D eigenvalue weighted by Crippen LogP contribution is 2.29. The Hall–Kier alpha value is -1.86. The third kappa shape index (κ3) is 4.36. The number of piperidine rings is 1. The summed E-state index contributed by atoms with van der Waals surface area (Å²) in [7, 11) is 0. The molecule has 0 aromatic carbocycles. The van der Waals surface area contributed by atoms with E-state index >= 15 is 0 Å². The van der Waals surface area contributed by atoms with Gasteiger partial charge < -0.3 is 9.84 Å². The molecular formula is C17H24N4O2S. The number of carbonyl (C=O) groups is 1. The predicted molar refractivity (Wildman–Crippen MR) is 95.3 cm³/mol. The molecule has 1 saturated heterocycles. The summed E-state index contributed by atoms with van der Waals surface area (Å²) in [6, 6.07) is 5.88. The maximum atomic E-state index is 12.1. The molecule has 6 nitrogen and oxygen atoms in total. The number of amides is 2. The molecule has 3 heterocycles. The van der Waals surface area contributed by atoms with Crippen LogP contribution in [0.1, 0.15) is 36.4 Å². The molecule has 2 aromatic heterocycles. The van der Waals surface area contributed by atoms with Crippen LogP contribution in [-0.2, 0) is 0 Å². The highest BCUT2D eigenvalue weighted by atomic mass is 32.1. The van der Waals surface area contributed by atoms with Crippen molar-refractivity contribution >= 4 is 23.2 Å². The number of nitrogens with one attached hydrogen (secondary N) is 2. The van der Waals surface area contributed by atoms with Gasteiger partial charge in [0.15, 0.2) is 5.82 Å². The monoisotopic (exact) mass is 348 g/mol. The number of likely N-dealkylation sites (tertiary alicyclic amines) is 1. The SMILES string of the molecule is Cc1cc(NC(=O)NCC(c2cccs2)N2CCC(C)CC2)no1. The summed E-state index contributed by atoms with van der Waals surface area (Å²) in [5.74, 6) is 1.89. The van der Waals surface area contributed by atoms with Gasteiger partial charge >= 0.3 is 6.03 Å². The average molecular weight is 348 g/mol. The zero-order valence-corrected chi connectivity index (χ0v) is 14.9. The highest BCUT2D eigenvalue weighted by molar-refractivity contribution is 7.10. The minimum Gasteiger partial charge on any atom is -0.360 e. The first-order valence-electron chi connectivity index (χ1n) is 8.37. The van der Waals surface area contributed by atoms with Crippen molar-refractivity contribution in [3.63, 3.8) is 0 Å². The largest absolute Gasteiger partial charge is 0.360 e. The van der Waals surface area contributed by atoms with Crippen LogP contribution in [0, 0.1) is 12.8 Å². The van der Waals surface area contributed by atoms with Gasteiger partial charge in [-0.1, -0.05) is 18.1 Å². The van der Waals surface area contributed by atoms with E-state index in [1.165, 1.54) is 17.7 Å². The van der Waals surface area contributed by atoms with Crippen molar-refractivity contribution in [3.05, 3.63) is 34.2 Å². The van der Waals surface area contributed by atoms with E-state index in [-0.39, 0.29) is 12.1 Å². The first-order valence-corrected chi connectivity index (χ1v) is 9.25. The third-order valence-electron chi connectivity index (χ3n) is 4.46. The molecule has 1 fully saturated rings. The van der Waals surface area contributed by atoms with Crippen molar-refractivity contribution in [3.8, 4) is 0 Å². The van der Waals surface area contributed by atoms with Crippen molar-refractivity contribution in [1.29, 1.82) is 0 Å². The molecule has 0 saturated carbocycles. The number of rotatable bonds is 5. The van der Waals surface area contributed by atoms with E-state index in [4.69, 9.17) is 4.52 Å². The quantitative estimate of drug-likeness (QED) is 0.865. The van der Waals surface area contributed by atoms with Crippen LogP contribution in [0.25, 0.3) is 0 Å². The van der Waals surface area contributed by atoms with E-state index in [2.05, 4.69) is 45.1 Å². The summed E-state index contributed by atoms with van der Waals surface area (Å²) in [5, 5.41) is 11.5. The third-order valence-corrected chi connectivity index (χ3v) is 5.43. The fourth-order valence-corrected chi connectivity index (χ4v) is 3.87. The zero-order valence-electron chi connectivity index (χ0n) is 14.1.